The predicted octanol–water partition coefficient (Wildman–Crippen LogP) is 2.68. The summed E-state index contributed by atoms with van der Waals surface area (Å²) < 4.78 is 22.4. The molecule has 7 nitrogen and oxygen atoms in total. The van der Waals surface area contributed by atoms with Gasteiger partial charge in [0.05, 0.1) is 16.0 Å². The van der Waals surface area contributed by atoms with E-state index in [0.717, 1.165) is 10.3 Å². The number of nitrogens with one attached hydrogen (secondary N) is 2. The number of anilines is 1. The van der Waals surface area contributed by atoms with Crippen LogP contribution in [0.1, 0.15) is 21.5 Å². The minimum atomic E-state index is -2.51. The molecule has 0 saturated carbocycles. The fourth-order valence-electron chi connectivity index (χ4n) is 2.40. The second-order valence-corrected chi connectivity index (χ2v) is 7.55. The first-order chi connectivity index (χ1) is 12.4. The maximum Gasteiger partial charge on any atom is 0.327 e. The first kappa shape index (κ1) is 18.0. The number of carbonyl (C=O) groups excluding carboxylic acids is 2. The van der Waals surface area contributed by atoms with E-state index in [1.807, 2.05) is 6.07 Å². The monoisotopic (exact) mass is 389 g/mol. The maximum atomic E-state index is 12.1. The zero-order valence-electron chi connectivity index (χ0n) is 13.7. The van der Waals surface area contributed by atoms with Crippen molar-refractivity contribution in [1.29, 1.82) is 0 Å². The average Bonchev–Trinajstić information content (AvgIpc) is 2.95. The Morgan fingerprint density at radius 3 is 2.65 bits per heavy atom. The van der Waals surface area contributed by atoms with Crippen molar-refractivity contribution in [2.45, 2.75) is 12.7 Å². The molecular weight excluding hydrogens is 374 g/mol. The highest BCUT2D eigenvalue weighted by Crippen LogP contribution is 2.27. The van der Waals surface area contributed by atoms with Gasteiger partial charge in [-0.1, -0.05) is 35.6 Å². The Morgan fingerprint density at radius 1 is 1.15 bits per heavy atom. The molecule has 0 saturated heterocycles. The van der Waals surface area contributed by atoms with Gasteiger partial charge < -0.3 is 0 Å². The topological polar surface area (TPSA) is 105 Å². The fourth-order valence-corrected chi connectivity index (χ4v) is 3.82. The minimum Gasteiger partial charge on any atom is -0.283 e. The van der Waals surface area contributed by atoms with E-state index in [4.69, 9.17) is 0 Å². The molecule has 3 rings (SSSR count). The molecule has 0 fully saturated rings. The lowest BCUT2D eigenvalue weighted by Crippen LogP contribution is -2.34. The van der Waals surface area contributed by atoms with Gasteiger partial charge >= 0.3 is 6.03 Å². The molecular formula is C17H15N3O4S2. The zero-order valence-corrected chi connectivity index (χ0v) is 15.4. The number of hydrogen-bond acceptors (Lipinski definition) is 6. The molecule has 0 unspecified atom stereocenters. The van der Waals surface area contributed by atoms with E-state index in [-0.39, 0.29) is 5.75 Å². The second-order valence-electron chi connectivity index (χ2n) is 5.54. The molecule has 9 heteroatoms. The number of fused-ring (bicyclic) bond motifs is 1. The van der Waals surface area contributed by atoms with Crippen LogP contribution in [0.4, 0.5) is 9.93 Å². The predicted molar refractivity (Wildman–Crippen MR) is 101 cm³/mol. The standard InChI is InChI=1S/C17H15N3O4S2/c1-10-4-2-3-5-12(10)15(21)19-16(22)20-17-18-13-7-6-11(9-26(23)24)8-14(13)25-17/h2-8,26H,9H2,1H3,(H2,18,19,20,21,22). The summed E-state index contributed by atoms with van der Waals surface area (Å²) in [5, 5.41) is 5.11. The first-order valence-corrected chi connectivity index (χ1v) is 9.79. The van der Waals surface area contributed by atoms with Crippen LogP contribution in [-0.2, 0) is 16.5 Å². The van der Waals surface area contributed by atoms with Gasteiger partial charge in [-0.3, -0.25) is 15.4 Å². The molecule has 2 aromatic carbocycles. The lowest BCUT2D eigenvalue weighted by atomic mass is 10.1. The summed E-state index contributed by atoms with van der Waals surface area (Å²) in [7, 11) is -2.51. The number of urea groups is 1. The Balaban J connectivity index is 1.71. The van der Waals surface area contributed by atoms with Crippen LogP contribution in [0, 0.1) is 6.92 Å². The molecule has 3 amide bonds. The molecule has 0 spiro atoms. The number of thiol groups is 1. The van der Waals surface area contributed by atoms with E-state index in [0.29, 0.717) is 21.8 Å². The third-order valence-electron chi connectivity index (χ3n) is 3.60. The van der Waals surface area contributed by atoms with Crippen LogP contribution in [0.3, 0.4) is 0 Å². The number of thiazole rings is 1. The number of rotatable bonds is 4. The molecule has 134 valence electrons. The number of benzene rings is 2. The van der Waals surface area contributed by atoms with Gasteiger partial charge in [-0.15, -0.1) is 0 Å². The van der Waals surface area contributed by atoms with Crippen molar-refractivity contribution >= 4 is 49.3 Å². The van der Waals surface area contributed by atoms with E-state index in [1.165, 1.54) is 11.3 Å². The Hall–Kier alpha value is -2.78. The number of nitrogens with zero attached hydrogens (tertiary/aromatic N) is 1. The Labute approximate surface area is 155 Å². The van der Waals surface area contributed by atoms with Crippen molar-refractivity contribution < 1.29 is 18.0 Å². The summed E-state index contributed by atoms with van der Waals surface area (Å²) in [6.07, 6.45) is 0. The highest BCUT2D eigenvalue weighted by Gasteiger charge is 2.14. The van der Waals surface area contributed by atoms with Gasteiger partial charge in [-0.25, -0.2) is 18.2 Å². The average molecular weight is 389 g/mol. The van der Waals surface area contributed by atoms with Crippen LogP contribution in [0.15, 0.2) is 42.5 Å². The van der Waals surface area contributed by atoms with Crippen molar-refractivity contribution in [3.63, 3.8) is 0 Å². The SMILES string of the molecule is Cc1ccccc1C(=O)NC(=O)Nc1nc2ccc(C[SH](=O)=O)cc2s1. The Bertz CT molecular complexity index is 1060. The van der Waals surface area contributed by atoms with Gasteiger partial charge in [-0.05, 0) is 36.2 Å². The van der Waals surface area contributed by atoms with Crippen molar-refractivity contribution in [3.8, 4) is 0 Å². The summed E-state index contributed by atoms with van der Waals surface area (Å²) in [6, 6.07) is 11.4. The summed E-state index contributed by atoms with van der Waals surface area (Å²) in [6.45, 7) is 1.79. The molecule has 0 aliphatic heterocycles. The van der Waals surface area contributed by atoms with Gasteiger partial charge in [0.15, 0.2) is 5.13 Å². The highest BCUT2D eigenvalue weighted by molar-refractivity contribution is 7.71. The third-order valence-corrected chi connectivity index (χ3v) is 5.16. The molecule has 0 atom stereocenters. The van der Waals surface area contributed by atoms with Crippen LogP contribution < -0.4 is 10.6 Å². The lowest BCUT2D eigenvalue weighted by molar-refractivity contribution is 0.0966. The summed E-state index contributed by atoms with van der Waals surface area (Å²) >= 11 is 1.20. The van der Waals surface area contributed by atoms with Crippen LogP contribution >= 0.6 is 11.3 Å². The number of imide groups is 1. The minimum absolute atomic E-state index is 0.0443. The third kappa shape index (κ3) is 4.24. The summed E-state index contributed by atoms with van der Waals surface area (Å²) in [5.41, 5.74) is 2.48. The zero-order chi connectivity index (χ0) is 18.7. The molecule has 2 N–H and O–H groups in total. The Kier molecular flexibility index (Phi) is 5.29. The molecule has 0 radical (unpaired) electrons. The van der Waals surface area contributed by atoms with Crippen molar-refractivity contribution in [2.24, 2.45) is 0 Å². The fraction of sp³-hybridized carbons (Fsp3) is 0.118. The Morgan fingerprint density at radius 2 is 1.92 bits per heavy atom. The van der Waals surface area contributed by atoms with E-state index in [9.17, 15) is 18.0 Å². The maximum absolute atomic E-state index is 12.1. The van der Waals surface area contributed by atoms with E-state index < -0.39 is 22.6 Å². The number of aryl methyl sites for hydroxylation is 1. The molecule has 0 aliphatic rings. The largest absolute Gasteiger partial charge is 0.327 e. The van der Waals surface area contributed by atoms with Crippen LogP contribution in [0.25, 0.3) is 10.2 Å². The number of carbonyl (C=O) groups is 2. The van der Waals surface area contributed by atoms with Crippen molar-refractivity contribution in [1.82, 2.24) is 10.3 Å². The van der Waals surface area contributed by atoms with E-state index >= 15 is 0 Å². The van der Waals surface area contributed by atoms with Crippen LogP contribution in [0.2, 0.25) is 0 Å². The van der Waals surface area contributed by atoms with E-state index in [1.54, 1.807) is 43.3 Å². The lowest BCUT2D eigenvalue weighted by Gasteiger charge is -2.06. The highest BCUT2D eigenvalue weighted by atomic mass is 32.2. The van der Waals surface area contributed by atoms with Crippen LogP contribution in [0.5, 0.6) is 0 Å². The smallest absolute Gasteiger partial charge is 0.283 e. The van der Waals surface area contributed by atoms with Gasteiger partial charge in [0, 0.05) is 5.56 Å². The first-order valence-electron chi connectivity index (χ1n) is 7.61. The molecule has 0 aliphatic carbocycles. The van der Waals surface area contributed by atoms with Gasteiger partial charge in [0.1, 0.15) is 10.7 Å². The van der Waals surface area contributed by atoms with Gasteiger partial charge in [0.25, 0.3) is 5.91 Å². The number of hydrogen-bond donors (Lipinski definition) is 3. The summed E-state index contributed by atoms with van der Waals surface area (Å²) in [4.78, 5) is 28.4. The normalized spacial score (nSPS) is 10.8. The van der Waals surface area contributed by atoms with Gasteiger partial charge in [0.2, 0.25) is 0 Å². The quantitative estimate of drug-likeness (QED) is 0.595. The molecule has 1 heterocycles. The van der Waals surface area contributed by atoms with Crippen molar-refractivity contribution in [3.05, 3.63) is 59.2 Å². The van der Waals surface area contributed by atoms with E-state index in [2.05, 4.69) is 15.6 Å². The molecule has 3 aromatic rings. The molecule has 1 aromatic heterocycles. The van der Waals surface area contributed by atoms with Crippen LogP contribution in [-0.4, -0.2) is 25.3 Å². The van der Waals surface area contributed by atoms with Gasteiger partial charge in [-0.2, -0.15) is 0 Å². The molecule has 0 bridgehead atoms. The summed E-state index contributed by atoms with van der Waals surface area (Å²) in [5.74, 6) is -0.541. The number of aromatic nitrogens is 1. The second kappa shape index (κ2) is 7.63. The number of amides is 3. The van der Waals surface area contributed by atoms with Crippen molar-refractivity contribution in [2.75, 3.05) is 5.32 Å². The molecule has 26 heavy (non-hydrogen) atoms.